The first-order valence-corrected chi connectivity index (χ1v) is 3.96. The van der Waals surface area contributed by atoms with E-state index < -0.39 is 0 Å². The first kappa shape index (κ1) is 10.1. The van der Waals surface area contributed by atoms with Gasteiger partial charge in [0.15, 0.2) is 0 Å². The second-order valence-electron chi connectivity index (χ2n) is 2.58. The third-order valence-corrected chi connectivity index (χ3v) is 1.34. The van der Waals surface area contributed by atoms with Crippen molar-refractivity contribution in [1.29, 1.82) is 0 Å². The normalized spacial score (nSPS) is 15.7. The highest BCUT2D eigenvalue weighted by atomic mass is 14.9. The Morgan fingerprint density at radius 3 is 2.73 bits per heavy atom. The molecule has 0 aromatic carbocycles. The third kappa shape index (κ3) is 5.58. The second kappa shape index (κ2) is 5.89. The Bertz CT molecular complexity index is 149. The van der Waals surface area contributed by atoms with E-state index in [1.807, 2.05) is 0 Å². The van der Waals surface area contributed by atoms with Gasteiger partial charge in [0, 0.05) is 13.1 Å². The van der Waals surface area contributed by atoms with Gasteiger partial charge in [0.1, 0.15) is 5.84 Å². The summed E-state index contributed by atoms with van der Waals surface area (Å²) in [5.74, 6) is 0.522. The second-order valence-corrected chi connectivity index (χ2v) is 2.58. The van der Waals surface area contributed by atoms with Gasteiger partial charge in [-0.25, -0.2) is 0 Å². The van der Waals surface area contributed by atoms with Crippen LogP contribution in [0, 0.1) is 0 Å². The maximum absolute atomic E-state index is 5.52. The van der Waals surface area contributed by atoms with Crippen LogP contribution in [0.5, 0.6) is 0 Å². The molecule has 3 heteroatoms. The molecular weight excluding hydrogens is 138 g/mol. The molecule has 0 heterocycles. The SMILES string of the molecule is CCCC(C)N=C(N)C=NC. The van der Waals surface area contributed by atoms with E-state index in [4.69, 9.17) is 5.73 Å². The summed E-state index contributed by atoms with van der Waals surface area (Å²) < 4.78 is 0. The number of nitrogens with two attached hydrogens (primary N) is 1. The Labute approximate surface area is 68.4 Å². The van der Waals surface area contributed by atoms with Gasteiger partial charge in [-0.2, -0.15) is 0 Å². The minimum atomic E-state index is 0.318. The van der Waals surface area contributed by atoms with Gasteiger partial charge in [0.05, 0.1) is 6.21 Å². The lowest BCUT2D eigenvalue weighted by molar-refractivity contribution is 0.655. The molecule has 0 aromatic rings. The molecule has 3 nitrogen and oxygen atoms in total. The van der Waals surface area contributed by atoms with Gasteiger partial charge in [-0.05, 0) is 13.3 Å². The fourth-order valence-corrected chi connectivity index (χ4v) is 0.902. The molecule has 2 N–H and O–H groups in total. The molecule has 1 unspecified atom stereocenters. The van der Waals surface area contributed by atoms with Crippen LogP contribution in [-0.2, 0) is 0 Å². The first-order valence-electron chi connectivity index (χ1n) is 3.96. The highest BCUT2D eigenvalue weighted by molar-refractivity contribution is 6.28. The average molecular weight is 155 g/mol. The number of hydrogen-bond donors (Lipinski definition) is 1. The van der Waals surface area contributed by atoms with E-state index >= 15 is 0 Å². The predicted octanol–water partition coefficient (Wildman–Crippen LogP) is 1.23. The number of nitrogens with zero attached hydrogens (tertiary/aromatic N) is 2. The predicted molar refractivity (Wildman–Crippen MR) is 50.4 cm³/mol. The van der Waals surface area contributed by atoms with Crippen molar-refractivity contribution in [1.82, 2.24) is 0 Å². The first-order chi connectivity index (χ1) is 5.20. The van der Waals surface area contributed by atoms with Gasteiger partial charge < -0.3 is 5.73 Å². The molecule has 0 rings (SSSR count). The van der Waals surface area contributed by atoms with Crippen LogP contribution in [-0.4, -0.2) is 25.1 Å². The van der Waals surface area contributed by atoms with Crippen LogP contribution >= 0.6 is 0 Å². The maximum atomic E-state index is 5.52. The van der Waals surface area contributed by atoms with E-state index in [2.05, 4.69) is 23.8 Å². The molecule has 0 saturated carbocycles. The summed E-state index contributed by atoms with van der Waals surface area (Å²) in [6, 6.07) is 0.318. The van der Waals surface area contributed by atoms with Crippen LogP contribution in [0.1, 0.15) is 26.7 Å². The van der Waals surface area contributed by atoms with Gasteiger partial charge >= 0.3 is 0 Å². The lowest BCUT2D eigenvalue weighted by Crippen LogP contribution is -2.16. The lowest BCUT2D eigenvalue weighted by Gasteiger charge is -2.02. The van der Waals surface area contributed by atoms with E-state index in [1.54, 1.807) is 13.3 Å². The molecule has 0 aliphatic heterocycles. The third-order valence-electron chi connectivity index (χ3n) is 1.34. The van der Waals surface area contributed by atoms with Gasteiger partial charge in [0.2, 0.25) is 0 Å². The van der Waals surface area contributed by atoms with E-state index in [9.17, 15) is 0 Å². The Morgan fingerprint density at radius 2 is 2.27 bits per heavy atom. The van der Waals surface area contributed by atoms with Crippen molar-refractivity contribution in [3.63, 3.8) is 0 Å². The van der Waals surface area contributed by atoms with Gasteiger partial charge in [-0.3, -0.25) is 9.98 Å². The van der Waals surface area contributed by atoms with Crippen molar-refractivity contribution >= 4 is 12.1 Å². The van der Waals surface area contributed by atoms with Crippen LogP contribution in [0.4, 0.5) is 0 Å². The zero-order valence-electron chi connectivity index (χ0n) is 7.54. The summed E-state index contributed by atoms with van der Waals surface area (Å²) in [6.45, 7) is 4.19. The Balaban J connectivity index is 3.85. The minimum Gasteiger partial charge on any atom is -0.383 e. The monoisotopic (exact) mass is 155 g/mol. The van der Waals surface area contributed by atoms with Crippen LogP contribution in [0.3, 0.4) is 0 Å². The minimum absolute atomic E-state index is 0.318. The number of rotatable bonds is 4. The summed E-state index contributed by atoms with van der Waals surface area (Å²) in [4.78, 5) is 7.97. The van der Waals surface area contributed by atoms with Gasteiger partial charge in [0.25, 0.3) is 0 Å². The molecular formula is C8H17N3. The van der Waals surface area contributed by atoms with Crippen molar-refractivity contribution < 1.29 is 0 Å². The van der Waals surface area contributed by atoms with Crippen LogP contribution in [0.25, 0.3) is 0 Å². The summed E-state index contributed by atoms with van der Waals surface area (Å²) >= 11 is 0. The largest absolute Gasteiger partial charge is 0.383 e. The van der Waals surface area contributed by atoms with E-state index in [0.29, 0.717) is 11.9 Å². The number of hydrogen-bond acceptors (Lipinski definition) is 2. The molecule has 0 aromatic heterocycles. The van der Waals surface area contributed by atoms with Crippen LogP contribution in [0.2, 0.25) is 0 Å². The highest BCUT2D eigenvalue weighted by Gasteiger charge is 1.96. The highest BCUT2D eigenvalue weighted by Crippen LogP contribution is 1.98. The van der Waals surface area contributed by atoms with E-state index in [0.717, 1.165) is 12.8 Å². The standard InChI is InChI=1S/C8H17N3/c1-4-5-7(2)11-8(9)6-10-3/h6-7H,4-5H2,1-3H3,(H2,9,11). The Hall–Kier alpha value is -0.860. The summed E-state index contributed by atoms with van der Waals surface area (Å²) in [5, 5.41) is 0. The van der Waals surface area contributed by atoms with Crippen molar-refractivity contribution in [2.75, 3.05) is 7.05 Å². The molecule has 0 aliphatic carbocycles. The average Bonchev–Trinajstić information content (AvgIpc) is 1.87. The molecule has 0 aliphatic rings. The van der Waals surface area contributed by atoms with Crippen molar-refractivity contribution in [2.24, 2.45) is 15.7 Å². The Kier molecular flexibility index (Phi) is 5.43. The van der Waals surface area contributed by atoms with Crippen molar-refractivity contribution in [3.8, 4) is 0 Å². The molecule has 1 atom stereocenters. The summed E-state index contributed by atoms with van der Waals surface area (Å²) in [7, 11) is 1.69. The van der Waals surface area contributed by atoms with E-state index in [1.165, 1.54) is 0 Å². The lowest BCUT2D eigenvalue weighted by atomic mass is 10.2. The molecule has 0 radical (unpaired) electrons. The molecule has 0 bridgehead atoms. The van der Waals surface area contributed by atoms with Crippen molar-refractivity contribution in [2.45, 2.75) is 32.7 Å². The Morgan fingerprint density at radius 1 is 1.64 bits per heavy atom. The fourth-order valence-electron chi connectivity index (χ4n) is 0.902. The fraction of sp³-hybridized carbons (Fsp3) is 0.750. The topological polar surface area (TPSA) is 50.7 Å². The molecule has 0 spiro atoms. The van der Waals surface area contributed by atoms with Crippen LogP contribution in [0.15, 0.2) is 9.98 Å². The number of amidine groups is 1. The molecule has 64 valence electrons. The number of aliphatic imine (C=N–C) groups is 2. The molecule has 0 fully saturated rings. The zero-order chi connectivity index (χ0) is 8.69. The zero-order valence-corrected chi connectivity index (χ0v) is 7.54. The molecule has 0 amide bonds. The smallest absolute Gasteiger partial charge is 0.136 e. The van der Waals surface area contributed by atoms with E-state index in [-0.39, 0.29) is 0 Å². The summed E-state index contributed by atoms with van der Waals surface area (Å²) in [6.07, 6.45) is 3.80. The van der Waals surface area contributed by atoms with Gasteiger partial charge in [-0.15, -0.1) is 0 Å². The quantitative estimate of drug-likeness (QED) is 0.482. The van der Waals surface area contributed by atoms with Crippen LogP contribution < -0.4 is 5.73 Å². The maximum Gasteiger partial charge on any atom is 0.136 e. The molecule has 11 heavy (non-hydrogen) atoms. The summed E-state index contributed by atoms with van der Waals surface area (Å²) in [5.41, 5.74) is 5.52. The van der Waals surface area contributed by atoms with Gasteiger partial charge in [-0.1, -0.05) is 13.3 Å². The van der Waals surface area contributed by atoms with Crippen molar-refractivity contribution in [3.05, 3.63) is 0 Å². The molecule has 0 saturated heterocycles.